The average Bonchev–Trinajstić information content (AvgIpc) is 3.75. The quantitative estimate of drug-likeness (QED) is 0.371. The maximum atomic E-state index is 15.5. The highest BCUT2D eigenvalue weighted by molar-refractivity contribution is 5.97. The number of carbonyl (C=O) groups is 1. The summed E-state index contributed by atoms with van der Waals surface area (Å²) >= 11 is 0. The van der Waals surface area contributed by atoms with E-state index in [1.54, 1.807) is 4.57 Å². The van der Waals surface area contributed by atoms with E-state index in [1.165, 1.54) is 13.3 Å². The molecule has 1 aromatic heterocycles. The number of β-amino-alcohol motifs (C(OH)–C–C–N with tert-alkyl or cyclic N) is 1. The molecule has 38 heavy (non-hydrogen) atoms. The number of nitrogens with zero attached hydrogens (tertiary/aromatic N) is 3. The van der Waals surface area contributed by atoms with E-state index < -0.39 is 23.3 Å². The lowest BCUT2D eigenvalue weighted by Crippen LogP contribution is -2.50. The van der Waals surface area contributed by atoms with Crippen molar-refractivity contribution in [2.24, 2.45) is 0 Å². The van der Waals surface area contributed by atoms with Crippen LogP contribution in [-0.2, 0) is 6.54 Å². The largest absolute Gasteiger partial charge is 0.492 e. The number of aromatic carboxylic acids is 1. The number of methoxy groups -OCH3 is 1. The molecule has 3 N–H and O–H groups in total. The number of carboxylic acid groups (broad SMARTS) is 1. The molecule has 2 heterocycles. The van der Waals surface area contributed by atoms with Crippen LogP contribution in [0.4, 0.5) is 10.1 Å². The topological polar surface area (TPSA) is 107 Å². The van der Waals surface area contributed by atoms with Crippen molar-refractivity contribution in [3.8, 4) is 5.75 Å². The summed E-state index contributed by atoms with van der Waals surface area (Å²) in [7, 11) is 1.44. The van der Waals surface area contributed by atoms with Crippen LogP contribution in [-0.4, -0.2) is 78.1 Å². The van der Waals surface area contributed by atoms with Crippen molar-refractivity contribution < 1.29 is 24.1 Å². The van der Waals surface area contributed by atoms with Crippen molar-refractivity contribution in [3.63, 3.8) is 0 Å². The lowest BCUT2D eigenvalue weighted by atomic mass is 10.1. The fourth-order valence-electron chi connectivity index (χ4n) is 5.22. The number of aliphatic hydroxyl groups is 1. The van der Waals surface area contributed by atoms with E-state index in [-0.39, 0.29) is 28.4 Å². The van der Waals surface area contributed by atoms with Gasteiger partial charge in [0.2, 0.25) is 5.43 Å². The minimum Gasteiger partial charge on any atom is -0.492 e. The fourth-order valence-corrected chi connectivity index (χ4v) is 5.22. The van der Waals surface area contributed by atoms with Crippen LogP contribution >= 0.6 is 0 Å². The van der Waals surface area contributed by atoms with E-state index in [1.807, 2.05) is 35.2 Å². The Hall–Kier alpha value is -3.47. The molecule has 1 aliphatic carbocycles. The molecule has 1 saturated heterocycles. The summed E-state index contributed by atoms with van der Waals surface area (Å²) in [5.41, 5.74) is 0.785. The first-order valence-electron chi connectivity index (χ1n) is 13.0. The van der Waals surface area contributed by atoms with Crippen LogP contribution in [0.2, 0.25) is 0 Å². The second kappa shape index (κ2) is 11.1. The molecular formula is C28H33FN4O5. The summed E-state index contributed by atoms with van der Waals surface area (Å²) < 4.78 is 23.0. The smallest absolute Gasteiger partial charge is 0.341 e. The third kappa shape index (κ3) is 5.38. The Morgan fingerprint density at radius 2 is 1.89 bits per heavy atom. The second-order valence-electron chi connectivity index (χ2n) is 10.0. The summed E-state index contributed by atoms with van der Waals surface area (Å²) in [4.78, 5) is 28.6. The highest BCUT2D eigenvalue weighted by Crippen LogP contribution is 2.43. The van der Waals surface area contributed by atoms with Crippen LogP contribution in [0.3, 0.4) is 0 Å². The Labute approximate surface area is 220 Å². The van der Waals surface area contributed by atoms with Gasteiger partial charge in [0.05, 0.1) is 24.1 Å². The number of halogens is 1. The summed E-state index contributed by atoms with van der Waals surface area (Å²) in [6.07, 6.45) is 2.54. The summed E-state index contributed by atoms with van der Waals surface area (Å²) in [6, 6.07) is 11.2. The predicted molar refractivity (Wildman–Crippen MR) is 143 cm³/mol. The van der Waals surface area contributed by atoms with Crippen molar-refractivity contribution in [1.82, 2.24) is 14.8 Å². The van der Waals surface area contributed by atoms with Gasteiger partial charge in [0.1, 0.15) is 11.3 Å². The zero-order valence-electron chi connectivity index (χ0n) is 21.4. The van der Waals surface area contributed by atoms with E-state index in [0.29, 0.717) is 51.3 Å². The number of piperazine rings is 1. The number of ether oxygens (including phenoxy) is 1. The molecule has 1 atom stereocenters. The van der Waals surface area contributed by atoms with Crippen LogP contribution in [0.5, 0.6) is 5.75 Å². The molecule has 0 spiro atoms. The molecule has 0 bridgehead atoms. The Kier molecular flexibility index (Phi) is 7.64. The van der Waals surface area contributed by atoms with Crippen molar-refractivity contribution in [2.75, 3.05) is 51.3 Å². The molecular weight excluding hydrogens is 491 g/mol. The first-order chi connectivity index (χ1) is 18.4. The highest BCUT2D eigenvalue weighted by Gasteiger charge is 2.32. The van der Waals surface area contributed by atoms with Crippen molar-refractivity contribution in [3.05, 3.63) is 69.8 Å². The van der Waals surface area contributed by atoms with Gasteiger partial charge in [-0.15, -0.1) is 0 Å². The van der Waals surface area contributed by atoms with E-state index in [0.717, 1.165) is 24.5 Å². The third-order valence-corrected chi connectivity index (χ3v) is 7.28. The molecule has 5 rings (SSSR count). The predicted octanol–water partition coefficient (Wildman–Crippen LogP) is 2.46. The number of rotatable bonds is 10. The molecule has 9 nitrogen and oxygen atoms in total. The summed E-state index contributed by atoms with van der Waals surface area (Å²) in [5.74, 6) is -1.70. The van der Waals surface area contributed by atoms with Gasteiger partial charge in [-0.1, -0.05) is 30.3 Å². The molecule has 2 aromatic carbocycles. The molecule has 0 amide bonds. The Morgan fingerprint density at radius 3 is 2.53 bits per heavy atom. The van der Waals surface area contributed by atoms with Gasteiger partial charge in [-0.25, -0.2) is 9.18 Å². The van der Waals surface area contributed by atoms with Crippen LogP contribution in [0.25, 0.3) is 10.9 Å². The molecule has 3 aromatic rings. The average molecular weight is 525 g/mol. The Morgan fingerprint density at radius 1 is 1.18 bits per heavy atom. The number of benzene rings is 2. The van der Waals surface area contributed by atoms with Gasteiger partial charge in [0.25, 0.3) is 0 Å². The Balaban J connectivity index is 1.30. The van der Waals surface area contributed by atoms with Crippen LogP contribution in [0.1, 0.15) is 34.8 Å². The van der Waals surface area contributed by atoms with E-state index in [2.05, 4.69) is 10.2 Å². The number of aliphatic hydroxyl groups excluding tert-OH is 1. The number of anilines is 1. The number of carboxylic acids is 1. The first-order valence-corrected chi connectivity index (χ1v) is 13.0. The van der Waals surface area contributed by atoms with Crippen LogP contribution in [0.15, 0.2) is 47.4 Å². The fraction of sp³-hybridized carbons (Fsp3) is 0.429. The maximum Gasteiger partial charge on any atom is 0.341 e. The minimum atomic E-state index is -1.33. The Bertz CT molecular complexity index is 1370. The SMILES string of the molecule is COc1c(N2CCN(CC(O)CNCc3ccccc3)CC2)c(F)cc2c(=O)c(C(=O)O)cn(C3CC3)c12. The van der Waals surface area contributed by atoms with Gasteiger partial charge in [-0.3, -0.25) is 9.69 Å². The monoisotopic (exact) mass is 524 g/mol. The molecule has 1 unspecified atom stereocenters. The molecule has 2 fully saturated rings. The number of pyridine rings is 1. The standard InChI is InChI=1S/C28H33FN4O5/c1-38-27-24-21(26(35)22(28(36)37)17-33(24)19-7-8-19)13-23(29)25(27)32-11-9-31(10-12-32)16-20(34)15-30-14-18-5-3-2-4-6-18/h2-6,13,17,19-20,30,34H,7-12,14-16H2,1H3,(H,36,37). The van der Waals surface area contributed by atoms with Gasteiger partial charge in [-0.2, -0.15) is 0 Å². The van der Waals surface area contributed by atoms with Gasteiger partial charge in [0, 0.05) is 58.1 Å². The van der Waals surface area contributed by atoms with E-state index in [4.69, 9.17) is 4.74 Å². The van der Waals surface area contributed by atoms with Crippen molar-refractivity contribution in [1.29, 1.82) is 0 Å². The number of fused-ring (bicyclic) bond motifs is 1. The second-order valence-corrected chi connectivity index (χ2v) is 10.0. The first kappa shape index (κ1) is 26.1. The summed E-state index contributed by atoms with van der Waals surface area (Å²) in [6.45, 7) is 3.96. The third-order valence-electron chi connectivity index (χ3n) is 7.28. The maximum absolute atomic E-state index is 15.5. The van der Waals surface area contributed by atoms with E-state index in [9.17, 15) is 19.8 Å². The zero-order valence-corrected chi connectivity index (χ0v) is 21.4. The lowest BCUT2D eigenvalue weighted by Gasteiger charge is -2.37. The molecule has 0 radical (unpaired) electrons. The molecule has 1 aliphatic heterocycles. The van der Waals surface area contributed by atoms with Gasteiger partial charge in [0.15, 0.2) is 11.6 Å². The normalized spacial score (nSPS) is 17.1. The van der Waals surface area contributed by atoms with Gasteiger partial charge >= 0.3 is 5.97 Å². The van der Waals surface area contributed by atoms with Crippen LogP contribution in [0, 0.1) is 5.82 Å². The number of aromatic nitrogens is 1. The molecule has 202 valence electrons. The number of hydrogen-bond donors (Lipinski definition) is 3. The zero-order chi connectivity index (χ0) is 26.8. The minimum absolute atomic E-state index is 0.0136. The van der Waals surface area contributed by atoms with Crippen molar-refractivity contribution >= 4 is 22.6 Å². The van der Waals surface area contributed by atoms with Gasteiger partial charge < -0.3 is 29.7 Å². The van der Waals surface area contributed by atoms with Crippen LogP contribution < -0.4 is 20.4 Å². The summed E-state index contributed by atoms with van der Waals surface area (Å²) in [5, 5.41) is 23.3. The van der Waals surface area contributed by atoms with Gasteiger partial charge in [-0.05, 0) is 24.5 Å². The molecule has 2 aliphatic rings. The lowest BCUT2D eigenvalue weighted by molar-refractivity contribution is 0.0694. The van der Waals surface area contributed by atoms with Crippen molar-refractivity contribution in [2.45, 2.75) is 31.5 Å². The number of nitrogens with one attached hydrogen (secondary N) is 1. The highest BCUT2D eigenvalue weighted by atomic mass is 19.1. The van der Waals surface area contributed by atoms with E-state index >= 15 is 4.39 Å². The molecule has 10 heteroatoms. The molecule has 1 saturated carbocycles. The number of hydrogen-bond acceptors (Lipinski definition) is 7.